The van der Waals surface area contributed by atoms with E-state index in [4.69, 9.17) is 0 Å². The first-order valence-corrected chi connectivity index (χ1v) is 13.0. The molecule has 0 spiro atoms. The highest BCUT2D eigenvalue weighted by molar-refractivity contribution is 5.28. The molecule has 10 atom stereocenters. The molecule has 3 heteroatoms. The second-order valence-electron chi connectivity index (χ2n) is 12.4. The summed E-state index contributed by atoms with van der Waals surface area (Å²) in [7, 11) is 0. The molecular weight excluding hydrogens is 384 g/mol. The summed E-state index contributed by atoms with van der Waals surface area (Å²) in [4.78, 5) is 0. The van der Waals surface area contributed by atoms with E-state index < -0.39 is 0 Å². The number of fused-ring (bicyclic) bond motifs is 5. The topological polar surface area (TPSA) is 60.7 Å². The van der Waals surface area contributed by atoms with Gasteiger partial charge in [-0.3, -0.25) is 0 Å². The fourth-order valence-corrected chi connectivity index (χ4v) is 8.60. The first kappa shape index (κ1) is 23.4. The van der Waals surface area contributed by atoms with E-state index in [1.54, 1.807) is 6.08 Å². The van der Waals surface area contributed by atoms with E-state index in [1.165, 1.54) is 12.8 Å². The molecule has 176 valence electrons. The lowest BCUT2D eigenvalue weighted by molar-refractivity contribution is -0.115. The lowest BCUT2D eigenvalue weighted by atomic mass is 9.45. The van der Waals surface area contributed by atoms with Crippen LogP contribution in [0, 0.1) is 58.2 Å². The zero-order valence-electron chi connectivity index (χ0n) is 20.4. The van der Waals surface area contributed by atoms with Crippen LogP contribution in [0.2, 0.25) is 0 Å². The van der Waals surface area contributed by atoms with Gasteiger partial charge < -0.3 is 15.3 Å². The molecule has 4 aliphatic carbocycles. The van der Waals surface area contributed by atoms with Gasteiger partial charge in [-0.2, -0.15) is 0 Å². The van der Waals surface area contributed by atoms with Gasteiger partial charge in [0, 0.05) is 5.41 Å². The molecule has 3 unspecified atom stereocenters. The molecule has 0 aromatic carbocycles. The molecule has 4 aliphatic rings. The average molecular weight is 431 g/mol. The van der Waals surface area contributed by atoms with Crippen molar-refractivity contribution in [2.24, 2.45) is 58.2 Å². The molecule has 3 N–H and O–H groups in total. The van der Waals surface area contributed by atoms with Crippen molar-refractivity contribution >= 4 is 0 Å². The Bertz CT molecular complexity index is 711. The van der Waals surface area contributed by atoms with E-state index in [-0.39, 0.29) is 29.5 Å². The molecule has 3 fully saturated rings. The van der Waals surface area contributed by atoms with E-state index in [1.807, 2.05) is 6.08 Å². The molecule has 0 amide bonds. The molecule has 3 saturated carbocycles. The van der Waals surface area contributed by atoms with Crippen molar-refractivity contribution in [1.82, 2.24) is 0 Å². The van der Waals surface area contributed by atoms with Crippen molar-refractivity contribution in [2.45, 2.75) is 85.7 Å². The highest BCUT2D eigenvalue weighted by Crippen LogP contribution is 2.67. The Balaban J connectivity index is 1.55. The second-order valence-corrected chi connectivity index (χ2v) is 12.4. The molecule has 0 aromatic rings. The van der Waals surface area contributed by atoms with Crippen LogP contribution in [-0.2, 0) is 0 Å². The van der Waals surface area contributed by atoms with Crippen LogP contribution in [0.1, 0.15) is 79.6 Å². The number of hydrogen-bond acceptors (Lipinski definition) is 3. The minimum Gasteiger partial charge on any atom is -0.508 e. The maximum atomic E-state index is 11.4. The number of hydrogen-bond donors (Lipinski definition) is 3. The number of aliphatic hydroxyl groups excluding tert-OH is 3. The van der Waals surface area contributed by atoms with E-state index >= 15 is 0 Å². The normalized spacial score (nSPS) is 46.1. The quantitative estimate of drug-likeness (QED) is 0.475. The van der Waals surface area contributed by atoms with Crippen molar-refractivity contribution in [3.63, 3.8) is 0 Å². The summed E-state index contributed by atoms with van der Waals surface area (Å²) < 4.78 is 0. The van der Waals surface area contributed by atoms with Gasteiger partial charge in [0.1, 0.15) is 5.76 Å². The summed E-state index contributed by atoms with van der Waals surface area (Å²) in [6.07, 6.45) is 13.6. The predicted octanol–water partition coefficient (Wildman–Crippen LogP) is 6.12. The van der Waals surface area contributed by atoms with Crippen molar-refractivity contribution in [2.75, 3.05) is 6.61 Å². The standard InChI is InChI=1S/C28H46O3/c1-17(2)18(3)6-7-19(4)24-15-25(31)26-22-9-8-20-14-21(30)10-13-28(20,16-29)23(22)11-12-27(24,26)5/h10,13-14,17-20,22-26,29-31H,6-9,11-12,15-16H2,1-5H3/t18?,19-,20?,22-,23+,24-,25?,26-,27-,28-/m1/s1. The summed E-state index contributed by atoms with van der Waals surface area (Å²) in [5.41, 5.74) is -0.0481. The van der Waals surface area contributed by atoms with Crippen LogP contribution in [0.3, 0.4) is 0 Å². The number of aliphatic hydroxyl groups is 3. The van der Waals surface area contributed by atoms with E-state index in [0.717, 1.165) is 43.9 Å². The minimum absolute atomic E-state index is 0.144. The van der Waals surface area contributed by atoms with Crippen molar-refractivity contribution in [3.05, 3.63) is 24.0 Å². The Labute approximate surface area is 190 Å². The van der Waals surface area contributed by atoms with E-state index in [0.29, 0.717) is 35.3 Å². The van der Waals surface area contributed by atoms with Crippen molar-refractivity contribution < 1.29 is 15.3 Å². The maximum Gasteiger partial charge on any atom is 0.111 e. The van der Waals surface area contributed by atoms with Crippen LogP contribution in [0.15, 0.2) is 24.0 Å². The Morgan fingerprint density at radius 2 is 1.84 bits per heavy atom. The highest BCUT2D eigenvalue weighted by atomic mass is 16.3. The minimum atomic E-state index is -0.257. The number of allylic oxidation sites excluding steroid dienone is 2. The van der Waals surface area contributed by atoms with Gasteiger partial charge in [0.2, 0.25) is 0 Å². The molecular formula is C28H46O3. The Morgan fingerprint density at radius 3 is 2.52 bits per heavy atom. The van der Waals surface area contributed by atoms with E-state index in [9.17, 15) is 15.3 Å². The lowest BCUT2D eigenvalue weighted by Gasteiger charge is -2.59. The second kappa shape index (κ2) is 8.52. The third-order valence-corrected chi connectivity index (χ3v) is 10.8. The first-order chi connectivity index (χ1) is 14.6. The fourth-order valence-electron chi connectivity index (χ4n) is 8.60. The SMILES string of the molecule is CC(C)C(C)CC[C@@H](C)[C@H]1CC(O)[C@H]2[C@@H]3CCC4C=C(O)C=C[C@]4(CO)[C@H]3CC[C@]12C. The Morgan fingerprint density at radius 1 is 1.10 bits per heavy atom. The van der Waals surface area contributed by atoms with Gasteiger partial charge in [-0.15, -0.1) is 0 Å². The van der Waals surface area contributed by atoms with Gasteiger partial charge in [0.15, 0.2) is 0 Å². The van der Waals surface area contributed by atoms with Gasteiger partial charge in [0.05, 0.1) is 12.7 Å². The lowest BCUT2D eigenvalue weighted by Crippen LogP contribution is -2.55. The Kier molecular flexibility index (Phi) is 6.42. The zero-order chi connectivity index (χ0) is 22.6. The molecule has 0 heterocycles. The van der Waals surface area contributed by atoms with Crippen LogP contribution < -0.4 is 0 Å². The van der Waals surface area contributed by atoms with E-state index in [2.05, 4.69) is 40.7 Å². The molecule has 0 aliphatic heterocycles. The summed E-state index contributed by atoms with van der Waals surface area (Å²) in [5, 5.41) is 32.0. The molecule has 4 rings (SSSR count). The van der Waals surface area contributed by atoms with Gasteiger partial charge in [-0.1, -0.05) is 53.5 Å². The van der Waals surface area contributed by atoms with Crippen LogP contribution in [0.25, 0.3) is 0 Å². The largest absolute Gasteiger partial charge is 0.508 e. The van der Waals surface area contributed by atoms with Crippen molar-refractivity contribution in [3.8, 4) is 0 Å². The third-order valence-electron chi connectivity index (χ3n) is 10.8. The number of rotatable bonds is 6. The highest BCUT2D eigenvalue weighted by Gasteiger charge is 2.63. The summed E-state index contributed by atoms with van der Waals surface area (Å²) in [6, 6.07) is 0. The molecule has 0 saturated heterocycles. The maximum absolute atomic E-state index is 11.4. The van der Waals surface area contributed by atoms with Crippen LogP contribution in [0.5, 0.6) is 0 Å². The predicted molar refractivity (Wildman–Crippen MR) is 126 cm³/mol. The molecule has 3 nitrogen and oxygen atoms in total. The Hall–Kier alpha value is -0.800. The molecule has 31 heavy (non-hydrogen) atoms. The molecule has 0 radical (unpaired) electrons. The van der Waals surface area contributed by atoms with Gasteiger partial charge in [0.25, 0.3) is 0 Å². The van der Waals surface area contributed by atoms with Crippen LogP contribution in [-0.4, -0.2) is 28.0 Å². The van der Waals surface area contributed by atoms with Crippen molar-refractivity contribution in [1.29, 1.82) is 0 Å². The van der Waals surface area contributed by atoms with Crippen LogP contribution >= 0.6 is 0 Å². The fraction of sp³-hybridized carbons (Fsp3) is 0.857. The first-order valence-electron chi connectivity index (χ1n) is 13.0. The molecule has 0 aromatic heterocycles. The smallest absolute Gasteiger partial charge is 0.111 e. The monoisotopic (exact) mass is 430 g/mol. The van der Waals surface area contributed by atoms with Gasteiger partial charge in [-0.05, 0) is 97.0 Å². The summed E-state index contributed by atoms with van der Waals surface area (Å²) in [6.45, 7) is 12.1. The van der Waals surface area contributed by atoms with Gasteiger partial charge in [-0.25, -0.2) is 0 Å². The zero-order valence-corrected chi connectivity index (χ0v) is 20.4. The summed E-state index contributed by atoms with van der Waals surface area (Å²) >= 11 is 0. The summed E-state index contributed by atoms with van der Waals surface area (Å²) in [5.74, 6) is 4.54. The average Bonchev–Trinajstić information content (AvgIpc) is 3.02. The van der Waals surface area contributed by atoms with Crippen LogP contribution in [0.4, 0.5) is 0 Å². The third kappa shape index (κ3) is 3.72. The molecule has 0 bridgehead atoms. The van der Waals surface area contributed by atoms with Gasteiger partial charge >= 0.3 is 0 Å².